The first-order valence-electron chi connectivity index (χ1n) is 5.60. The van der Waals surface area contributed by atoms with Crippen LogP contribution in [0, 0.1) is 0 Å². The minimum atomic E-state index is -0.918. The average Bonchev–Trinajstić information content (AvgIpc) is 2.92. The number of aromatic amines is 3. The maximum absolute atomic E-state index is 11.2. The minimum Gasteiger partial charge on any atom is -0.481 e. The number of fused-ring (bicyclic) bond motifs is 1. The zero-order valence-corrected chi connectivity index (χ0v) is 9.73. The first-order chi connectivity index (χ1) is 9.13. The van der Waals surface area contributed by atoms with E-state index in [4.69, 9.17) is 5.11 Å². The molecule has 3 aromatic rings. The molecule has 2 aromatic heterocycles. The molecule has 0 amide bonds. The van der Waals surface area contributed by atoms with Crippen molar-refractivity contribution < 1.29 is 9.90 Å². The van der Waals surface area contributed by atoms with Crippen LogP contribution in [0.3, 0.4) is 0 Å². The highest BCUT2D eigenvalue weighted by atomic mass is 16.4. The van der Waals surface area contributed by atoms with Crippen molar-refractivity contribution in [2.24, 2.45) is 0 Å². The van der Waals surface area contributed by atoms with Crippen LogP contribution in [0.25, 0.3) is 22.3 Å². The standard InChI is InChI=1S/C12H10N4O3/c17-10(18)4-7-5-13-16-11(7)6-1-2-8-9(3-6)15-12(19)14-8/h1-3,5H,4H2,(H,13,16)(H,17,18)(H2,14,15,19). The lowest BCUT2D eigenvalue weighted by Crippen LogP contribution is -2.00. The van der Waals surface area contributed by atoms with Crippen LogP contribution in [0.5, 0.6) is 0 Å². The molecule has 0 spiro atoms. The summed E-state index contributed by atoms with van der Waals surface area (Å²) < 4.78 is 0. The number of hydrogen-bond acceptors (Lipinski definition) is 3. The molecule has 0 radical (unpaired) electrons. The number of carboxylic acid groups (broad SMARTS) is 1. The summed E-state index contributed by atoms with van der Waals surface area (Å²) in [5.74, 6) is -0.918. The molecule has 0 unspecified atom stereocenters. The van der Waals surface area contributed by atoms with E-state index in [-0.39, 0.29) is 12.1 Å². The van der Waals surface area contributed by atoms with Gasteiger partial charge in [-0.2, -0.15) is 5.10 Å². The van der Waals surface area contributed by atoms with Gasteiger partial charge in [0.1, 0.15) is 0 Å². The Hall–Kier alpha value is -2.83. The Morgan fingerprint density at radius 2 is 2.05 bits per heavy atom. The van der Waals surface area contributed by atoms with Crippen molar-refractivity contribution in [3.8, 4) is 11.3 Å². The Kier molecular flexibility index (Phi) is 2.45. The van der Waals surface area contributed by atoms with Gasteiger partial charge >= 0.3 is 11.7 Å². The molecule has 7 heteroatoms. The maximum atomic E-state index is 11.2. The average molecular weight is 258 g/mol. The number of carbonyl (C=O) groups is 1. The fourth-order valence-corrected chi connectivity index (χ4v) is 2.05. The molecule has 0 bridgehead atoms. The molecule has 0 aliphatic carbocycles. The normalized spacial score (nSPS) is 10.9. The summed E-state index contributed by atoms with van der Waals surface area (Å²) in [6.07, 6.45) is 1.39. The van der Waals surface area contributed by atoms with Gasteiger partial charge in [-0.3, -0.25) is 9.89 Å². The summed E-state index contributed by atoms with van der Waals surface area (Å²) in [5, 5.41) is 15.5. The summed E-state index contributed by atoms with van der Waals surface area (Å²) in [6.45, 7) is 0. The summed E-state index contributed by atoms with van der Waals surface area (Å²) in [4.78, 5) is 27.3. The number of aromatic nitrogens is 4. The van der Waals surface area contributed by atoms with Gasteiger partial charge in [0.15, 0.2) is 0 Å². The number of hydrogen-bond donors (Lipinski definition) is 4. The molecule has 4 N–H and O–H groups in total. The van der Waals surface area contributed by atoms with Gasteiger partial charge in [-0.05, 0) is 12.1 Å². The number of H-pyrrole nitrogens is 3. The van der Waals surface area contributed by atoms with Crippen LogP contribution >= 0.6 is 0 Å². The van der Waals surface area contributed by atoms with Crippen molar-refractivity contribution in [3.63, 3.8) is 0 Å². The second kappa shape index (κ2) is 4.13. The van der Waals surface area contributed by atoms with E-state index < -0.39 is 5.97 Å². The summed E-state index contributed by atoms with van der Waals surface area (Å²) in [7, 11) is 0. The van der Waals surface area contributed by atoms with Gasteiger partial charge in [0.25, 0.3) is 0 Å². The van der Waals surface area contributed by atoms with Gasteiger partial charge < -0.3 is 15.1 Å². The molecular formula is C12H10N4O3. The molecular weight excluding hydrogens is 248 g/mol. The first-order valence-corrected chi connectivity index (χ1v) is 5.60. The minimum absolute atomic E-state index is 0.104. The first kappa shape index (κ1) is 11.3. The second-order valence-corrected chi connectivity index (χ2v) is 4.18. The summed E-state index contributed by atoms with van der Waals surface area (Å²) in [6, 6.07) is 5.32. The van der Waals surface area contributed by atoms with Gasteiger partial charge in [-0.25, -0.2) is 4.79 Å². The molecule has 96 valence electrons. The Labute approximate surface area is 106 Å². The van der Waals surface area contributed by atoms with Gasteiger partial charge in [0, 0.05) is 11.1 Å². The molecule has 3 rings (SSSR count). The largest absolute Gasteiger partial charge is 0.481 e. The van der Waals surface area contributed by atoms with Crippen LogP contribution in [0.2, 0.25) is 0 Å². The smallest absolute Gasteiger partial charge is 0.323 e. The highest BCUT2D eigenvalue weighted by Crippen LogP contribution is 2.23. The van der Waals surface area contributed by atoms with E-state index >= 15 is 0 Å². The van der Waals surface area contributed by atoms with E-state index in [9.17, 15) is 9.59 Å². The zero-order valence-electron chi connectivity index (χ0n) is 9.73. The van der Waals surface area contributed by atoms with Gasteiger partial charge in [0.05, 0.1) is 29.3 Å². The molecule has 0 aliphatic heterocycles. The number of aliphatic carboxylic acids is 1. The van der Waals surface area contributed by atoms with E-state index in [0.29, 0.717) is 22.3 Å². The maximum Gasteiger partial charge on any atom is 0.323 e. The third-order valence-electron chi connectivity index (χ3n) is 2.86. The molecule has 1 aromatic carbocycles. The molecule has 7 nitrogen and oxygen atoms in total. The monoisotopic (exact) mass is 258 g/mol. The number of carboxylic acids is 1. The van der Waals surface area contributed by atoms with Crippen LogP contribution in [-0.2, 0) is 11.2 Å². The quantitative estimate of drug-likeness (QED) is 0.558. The van der Waals surface area contributed by atoms with E-state index in [1.807, 2.05) is 0 Å². The van der Waals surface area contributed by atoms with Crippen LogP contribution in [0.1, 0.15) is 5.56 Å². The van der Waals surface area contributed by atoms with E-state index in [0.717, 1.165) is 5.56 Å². The van der Waals surface area contributed by atoms with Crippen LogP contribution < -0.4 is 5.69 Å². The Bertz CT molecular complexity index is 812. The third kappa shape index (κ3) is 2.01. The fourth-order valence-electron chi connectivity index (χ4n) is 2.05. The molecule has 0 saturated heterocycles. The lowest BCUT2D eigenvalue weighted by molar-refractivity contribution is -0.136. The molecule has 0 fully saturated rings. The topological polar surface area (TPSA) is 115 Å². The van der Waals surface area contributed by atoms with Crippen molar-refractivity contribution in [2.45, 2.75) is 6.42 Å². The molecule has 0 atom stereocenters. The summed E-state index contributed by atoms with van der Waals surface area (Å²) in [5.41, 5.74) is 3.11. The number of nitrogens with zero attached hydrogens (tertiary/aromatic N) is 1. The van der Waals surface area contributed by atoms with E-state index in [1.165, 1.54) is 6.20 Å². The fraction of sp³-hybridized carbons (Fsp3) is 0.0833. The molecule has 2 heterocycles. The highest BCUT2D eigenvalue weighted by Gasteiger charge is 2.11. The van der Waals surface area contributed by atoms with Gasteiger partial charge in [-0.15, -0.1) is 0 Å². The predicted molar refractivity (Wildman–Crippen MR) is 67.8 cm³/mol. The van der Waals surface area contributed by atoms with Crippen molar-refractivity contribution in [2.75, 3.05) is 0 Å². The zero-order chi connectivity index (χ0) is 13.4. The van der Waals surface area contributed by atoms with E-state index in [2.05, 4.69) is 20.2 Å². The molecule has 0 aliphatic rings. The third-order valence-corrected chi connectivity index (χ3v) is 2.86. The second-order valence-electron chi connectivity index (χ2n) is 4.18. The number of imidazole rings is 1. The Balaban J connectivity index is 2.11. The number of rotatable bonds is 3. The van der Waals surface area contributed by atoms with Crippen LogP contribution in [-0.4, -0.2) is 31.2 Å². The van der Waals surface area contributed by atoms with Crippen LogP contribution in [0.15, 0.2) is 29.2 Å². The number of benzene rings is 1. The van der Waals surface area contributed by atoms with Crippen molar-refractivity contribution in [1.82, 2.24) is 20.2 Å². The lowest BCUT2D eigenvalue weighted by atomic mass is 10.1. The number of nitrogens with one attached hydrogen (secondary N) is 3. The molecule has 19 heavy (non-hydrogen) atoms. The Morgan fingerprint density at radius 1 is 1.26 bits per heavy atom. The predicted octanol–water partition coefficient (Wildman–Crippen LogP) is 0.873. The highest BCUT2D eigenvalue weighted by molar-refractivity contribution is 5.82. The van der Waals surface area contributed by atoms with E-state index in [1.54, 1.807) is 18.2 Å². The SMILES string of the molecule is O=C(O)Cc1cn[nH]c1-c1ccc2[nH]c(=O)[nH]c2c1. The van der Waals surface area contributed by atoms with Crippen molar-refractivity contribution >= 4 is 17.0 Å². The summed E-state index contributed by atoms with van der Waals surface area (Å²) >= 11 is 0. The van der Waals surface area contributed by atoms with Gasteiger partial charge in [-0.1, -0.05) is 6.07 Å². The van der Waals surface area contributed by atoms with Crippen molar-refractivity contribution in [1.29, 1.82) is 0 Å². The molecule has 0 saturated carbocycles. The Morgan fingerprint density at radius 3 is 2.84 bits per heavy atom. The van der Waals surface area contributed by atoms with Crippen LogP contribution in [0.4, 0.5) is 0 Å². The van der Waals surface area contributed by atoms with Gasteiger partial charge in [0.2, 0.25) is 0 Å². The van der Waals surface area contributed by atoms with Crippen molar-refractivity contribution in [3.05, 3.63) is 40.4 Å². The lowest BCUT2D eigenvalue weighted by Gasteiger charge is -2.01.